The van der Waals surface area contributed by atoms with Gasteiger partial charge in [0.2, 0.25) is 0 Å². The van der Waals surface area contributed by atoms with E-state index in [9.17, 15) is 0 Å². The summed E-state index contributed by atoms with van der Waals surface area (Å²) in [6.45, 7) is 10.2. The molecule has 2 fully saturated rings. The van der Waals surface area contributed by atoms with Crippen LogP contribution in [-0.2, 0) is 4.74 Å². The van der Waals surface area contributed by atoms with Crippen LogP contribution in [0.15, 0.2) is 0 Å². The Morgan fingerprint density at radius 2 is 2.06 bits per heavy atom. The number of hydrogen-bond donors (Lipinski definition) is 1. The predicted molar refractivity (Wildman–Crippen MR) is 75.8 cm³/mol. The second kappa shape index (κ2) is 6.36. The van der Waals surface area contributed by atoms with Crippen LogP contribution in [0.2, 0.25) is 0 Å². The van der Waals surface area contributed by atoms with Crippen LogP contribution in [0.1, 0.15) is 40.0 Å². The second-order valence-electron chi connectivity index (χ2n) is 6.38. The van der Waals surface area contributed by atoms with Gasteiger partial charge in [-0.25, -0.2) is 0 Å². The smallest absolute Gasteiger partial charge is 0.0620 e. The van der Waals surface area contributed by atoms with Crippen LogP contribution in [0, 0.1) is 11.8 Å². The van der Waals surface area contributed by atoms with Crippen molar-refractivity contribution in [2.45, 2.75) is 58.2 Å². The molecule has 0 aromatic heterocycles. The summed E-state index contributed by atoms with van der Waals surface area (Å²) in [6, 6.07) is 1.98. The minimum atomic E-state index is 0.572. The summed E-state index contributed by atoms with van der Waals surface area (Å²) in [6.07, 6.45) is 4.09. The van der Waals surface area contributed by atoms with Gasteiger partial charge in [-0.05, 0) is 31.1 Å². The van der Waals surface area contributed by atoms with Crippen molar-refractivity contribution >= 4 is 0 Å². The van der Waals surface area contributed by atoms with Gasteiger partial charge < -0.3 is 10.1 Å². The maximum atomic E-state index is 5.46. The molecule has 0 bridgehead atoms. The average Bonchev–Trinajstić information content (AvgIpc) is 3.19. The lowest BCUT2D eigenvalue weighted by atomic mass is 9.96. The van der Waals surface area contributed by atoms with Gasteiger partial charge >= 0.3 is 0 Å². The zero-order valence-electron chi connectivity index (χ0n) is 12.5. The minimum Gasteiger partial charge on any atom is -0.383 e. The lowest BCUT2D eigenvalue weighted by molar-refractivity contribution is 0.00829. The van der Waals surface area contributed by atoms with E-state index in [-0.39, 0.29) is 0 Å². The van der Waals surface area contributed by atoms with Gasteiger partial charge in [0.1, 0.15) is 0 Å². The summed E-state index contributed by atoms with van der Waals surface area (Å²) in [5, 5.41) is 3.77. The maximum Gasteiger partial charge on any atom is 0.0620 e. The Kier molecular flexibility index (Phi) is 5.05. The summed E-state index contributed by atoms with van der Waals surface area (Å²) in [5.41, 5.74) is 0. The predicted octanol–water partition coefficient (Wildman–Crippen LogP) is 2.12. The largest absolute Gasteiger partial charge is 0.383 e. The molecular weight excluding hydrogens is 224 g/mol. The molecule has 1 N–H and O–H groups in total. The fraction of sp³-hybridized carbons (Fsp3) is 1.00. The van der Waals surface area contributed by atoms with E-state index >= 15 is 0 Å². The third-order valence-corrected chi connectivity index (χ3v) is 4.69. The zero-order valence-corrected chi connectivity index (χ0v) is 12.5. The van der Waals surface area contributed by atoms with Crippen LogP contribution in [0.3, 0.4) is 0 Å². The maximum absolute atomic E-state index is 5.46. The van der Waals surface area contributed by atoms with Crippen molar-refractivity contribution in [3.63, 3.8) is 0 Å². The number of nitrogens with zero attached hydrogens (tertiary/aromatic N) is 1. The van der Waals surface area contributed by atoms with E-state index in [4.69, 9.17) is 4.74 Å². The van der Waals surface area contributed by atoms with E-state index in [1.165, 1.54) is 25.8 Å². The number of piperazine rings is 1. The van der Waals surface area contributed by atoms with Crippen molar-refractivity contribution in [3.8, 4) is 0 Å². The van der Waals surface area contributed by atoms with E-state index in [0.717, 1.165) is 25.1 Å². The molecule has 0 aromatic carbocycles. The van der Waals surface area contributed by atoms with E-state index < -0.39 is 0 Å². The van der Waals surface area contributed by atoms with Crippen molar-refractivity contribution < 1.29 is 4.74 Å². The summed E-state index contributed by atoms with van der Waals surface area (Å²) >= 11 is 0. The van der Waals surface area contributed by atoms with Gasteiger partial charge in [-0.2, -0.15) is 0 Å². The van der Waals surface area contributed by atoms with Crippen molar-refractivity contribution in [1.82, 2.24) is 10.2 Å². The molecule has 1 aliphatic heterocycles. The monoisotopic (exact) mass is 254 g/mol. The highest BCUT2D eigenvalue weighted by atomic mass is 16.5. The molecule has 106 valence electrons. The summed E-state index contributed by atoms with van der Waals surface area (Å²) in [5.74, 6) is 1.61. The molecule has 0 amide bonds. The molecule has 1 saturated heterocycles. The lowest BCUT2D eigenvalue weighted by Crippen LogP contribution is -2.61. The van der Waals surface area contributed by atoms with Crippen molar-refractivity contribution in [3.05, 3.63) is 0 Å². The Bertz CT molecular complexity index is 253. The Morgan fingerprint density at radius 3 is 2.56 bits per heavy atom. The molecular formula is C15H30N2O. The molecule has 0 aromatic rings. The first-order valence-corrected chi connectivity index (χ1v) is 7.65. The molecule has 1 saturated carbocycles. The molecule has 3 nitrogen and oxygen atoms in total. The van der Waals surface area contributed by atoms with Crippen LogP contribution in [0.5, 0.6) is 0 Å². The molecule has 2 rings (SSSR count). The fourth-order valence-electron chi connectivity index (χ4n) is 3.29. The highest BCUT2D eigenvalue weighted by Gasteiger charge is 2.39. The van der Waals surface area contributed by atoms with E-state index in [1.54, 1.807) is 0 Å². The third kappa shape index (κ3) is 3.25. The molecule has 2 aliphatic rings. The highest BCUT2D eigenvalue weighted by Crippen LogP contribution is 2.35. The highest BCUT2D eigenvalue weighted by molar-refractivity contribution is 4.96. The number of hydrogen-bond acceptors (Lipinski definition) is 3. The van der Waals surface area contributed by atoms with E-state index in [2.05, 4.69) is 31.0 Å². The molecule has 1 aliphatic carbocycles. The first-order chi connectivity index (χ1) is 8.67. The molecule has 0 radical (unpaired) electrons. The Hall–Kier alpha value is -0.120. The Balaban J connectivity index is 2.02. The number of nitrogens with one attached hydrogen (secondary N) is 1. The molecule has 3 heteroatoms. The first kappa shape index (κ1) is 14.3. The van der Waals surface area contributed by atoms with Crippen molar-refractivity contribution in [2.24, 2.45) is 11.8 Å². The SMILES string of the molecule is CCC1CNC(C2CC2)CN1C(COC)C(C)C. The number of rotatable bonds is 6. The van der Waals surface area contributed by atoms with Crippen LogP contribution >= 0.6 is 0 Å². The van der Waals surface area contributed by atoms with Gasteiger partial charge in [-0.15, -0.1) is 0 Å². The first-order valence-electron chi connectivity index (χ1n) is 7.65. The molecule has 0 spiro atoms. The fourth-order valence-corrected chi connectivity index (χ4v) is 3.29. The van der Waals surface area contributed by atoms with Gasteiger partial charge in [0, 0.05) is 38.3 Å². The number of ether oxygens (including phenoxy) is 1. The van der Waals surface area contributed by atoms with E-state index in [0.29, 0.717) is 18.0 Å². The van der Waals surface area contributed by atoms with E-state index in [1.807, 2.05) is 7.11 Å². The Labute approximate surface area is 112 Å². The second-order valence-corrected chi connectivity index (χ2v) is 6.38. The zero-order chi connectivity index (χ0) is 13.1. The standard InChI is InChI=1S/C15H30N2O/c1-5-13-8-16-14(12-6-7-12)9-17(13)15(10-18-4)11(2)3/h11-16H,5-10H2,1-4H3. The van der Waals surface area contributed by atoms with Crippen LogP contribution < -0.4 is 5.32 Å². The van der Waals surface area contributed by atoms with Crippen LogP contribution in [-0.4, -0.2) is 49.8 Å². The summed E-state index contributed by atoms with van der Waals surface area (Å²) in [7, 11) is 1.83. The molecule has 3 atom stereocenters. The summed E-state index contributed by atoms with van der Waals surface area (Å²) in [4.78, 5) is 2.73. The third-order valence-electron chi connectivity index (χ3n) is 4.69. The normalized spacial score (nSPS) is 31.8. The van der Waals surface area contributed by atoms with Gasteiger partial charge in [-0.1, -0.05) is 20.8 Å². The summed E-state index contributed by atoms with van der Waals surface area (Å²) < 4.78 is 5.46. The van der Waals surface area contributed by atoms with Gasteiger partial charge in [0.05, 0.1) is 6.61 Å². The van der Waals surface area contributed by atoms with Crippen molar-refractivity contribution in [2.75, 3.05) is 26.8 Å². The van der Waals surface area contributed by atoms with Gasteiger partial charge in [-0.3, -0.25) is 4.90 Å². The lowest BCUT2D eigenvalue weighted by Gasteiger charge is -2.46. The molecule has 18 heavy (non-hydrogen) atoms. The van der Waals surface area contributed by atoms with Gasteiger partial charge in [0.25, 0.3) is 0 Å². The molecule has 1 heterocycles. The van der Waals surface area contributed by atoms with Gasteiger partial charge in [0.15, 0.2) is 0 Å². The quantitative estimate of drug-likeness (QED) is 0.786. The van der Waals surface area contributed by atoms with Crippen LogP contribution in [0.25, 0.3) is 0 Å². The van der Waals surface area contributed by atoms with Crippen LogP contribution in [0.4, 0.5) is 0 Å². The topological polar surface area (TPSA) is 24.5 Å². The molecule has 3 unspecified atom stereocenters. The average molecular weight is 254 g/mol. The number of methoxy groups -OCH3 is 1. The van der Waals surface area contributed by atoms with Crippen molar-refractivity contribution in [1.29, 1.82) is 0 Å². The minimum absolute atomic E-state index is 0.572. The Morgan fingerprint density at radius 1 is 1.33 bits per heavy atom.